The number of carbonyl (C=O) groups excluding carboxylic acids is 1. The quantitative estimate of drug-likeness (QED) is 0.637. The Morgan fingerprint density at radius 2 is 1.61 bits per heavy atom. The molecule has 0 spiro atoms. The van der Waals surface area contributed by atoms with Crippen molar-refractivity contribution >= 4 is 16.0 Å². The number of esters is 1. The molecule has 0 heterocycles. The lowest BCUT2D eigenvalue weighted by molar-refractivity contribution is 0.0734. The van der Waals surface area contributed by atoms with Gasteiger partial charge in [0, 0.05) is 14.1 Å². The van der Waals surface area contributed by atoms with Gasteiger partial charge in [0.25, 0.3) is 0 Å². The van der Waals surface area contributed by atoms with Gasteiger partial charge >= 0.3 is 5.97 Å². The van der Waals surface area contributed by atoms with E-state index in [4.69, 9.17) is 4.74 Å². The molecule has 0 radical (unpaired) electrons. The monoisotopic (exact) mass is 333 g/mol. The summed E-state index contributed by atoms with van der Waals surface area (Å²) in [4.78, 5) is 12.3. The molecule has 2 rings (SSSR count). The molecule has 5 nitrogen and oxygen atoms in total. The van der Waals surface area contributed by atoms with Crippen molar-refractivity contribution in [2.24, 2.45) is 0 Å². The molecule has 0 fully saturated rings. The molecule has 0 aliphatic carbocycles. The van der Waals surface area contributed by atoms with Crippen LogP contribution in [-0.4, -0.2) is 32.8 Å². The summed E-state index contributed by atoms with van der Waals surface area (Å²) in [5.41, 5.74) is 2.15. The smallest absolute Gasteiger partial charge is 0.343 e. The first-order chi connectivity index (χ1) is 10.7. The highest BCUT2D eigenvalue weighted by atomic mass is 32.2. The first kappa shape index (κ1) is 17.2. The molecule has 0 aromatic heterocycles. The van der Waals surface area contributed by atoms with Crippen molar-refractivity contribution in [1.29, 1.82) is 0 Å². The molecule has 0 saturated carbocycles. The van der Waals surface area contributed by atoms with Crippen LogP contribution in [0, 0.1) is 13.8 Å². The van der Waals surface area contributed by atoms with Crippen LogP contribution < -0.4 is 4.74 Å². The van der Waals surface area contributed by atoms with E-state index in [9.17, 15) is 13.2 Å². The molecule has 6 heteroatoms. The first-order valence-corrected chi connectivity index (χ1v) is 8.47. The van der Waals surface area contributed by atoms with Crippen molar-refractivity contribution in [3.63, 3.8) is 0 Å². The van der Waals surface area contributed by atoms with Crippen molar-refractivity contribution in [2.45, 2.75) is 18.7 Å². The molecule has 0 unspecified atom stereocenters. The first-order valence-electron chi connectivity index (χ1n) is 7.03. The average molecular weight is 333 g/mol. The fraction of sp³-hybridized carbons (Fsp3) is 0.235. The Labute approximate surface area is 136 Å². The van der Waals surface area contributed by atoms with E-state index in [1.165, 1.54) is 38.4 Å². The van der Waals surface area contributed by atoms with Crippen LogP contribution in [0.1, 0.15) is 21.5 Å². The minimum atomic E-state index is -3.59. The third-order valence-corrected chi connectivity index (χ3v) is 5.07. The lowest BCUT2D eigenvalue weighted by Crippen LogP contribution is -2.22. The number of sulfonamides is 1. The molecule has 0 aliphatic heterocycles. The van der Waals surface area contributed by atoms with Crippen LogP contribution in [0.15, 0.2) is 47.4 Å². The second-order valence-electron chi connectivity index (χ2n) is 5.53. The maximum Gasteiger partial charge on any atom is 0.343 e. The summed E-state index contributed by atoms with van der Waals surface area (Å²) in [5, 5.41) is 0. The van der Waals surface area contributed by atoms with E-state index in [0.29, 0.717) is 5.75 Å². The summed E-state index contributed by atoms with van der Waals surface area (Å²) < 4.78 is 30.7. The Kier molecular flexibility index (Phi) is 4.87. The maximum atomic E-state index is 12.3. The van der Waals surface area contributed by atoms with Crippen LogP contribution in [-0.2, 0) is 10.0 Å². The molecule has 23 heavy (non-hydrogen) atoms. The third kappa shape index (κ3) is 3.97. The van der Waals surface area contributed by atoms with Gasteiger partial charge in [-0.15, -0.1) is 0 Å². The van der Waals surface area contributed by atoms with E-state index in [2.05, 4.69) is 0 Å². The number of hydrogen-bond donors (Lipinski definition) is 0. The highest BCUT2D eigenvalue weighted by Crippen LogP contribution is 2.19. The van der Waals surface area contributed by atoms with Crippen LogP contribution in [0.5, 0.6) is 5.75 Å². The SMILES string of the molecule is Cc1cc(C)cc(OC(=O)c2cccc(S(=O)(=O)N(C)C)c2)c1. The van der Waals surface area contributed by atoms with Crippen molar-refractivity contribution in [1.82, 2.24) is 4.31 Å². The molecular weight excluding hydrogens is 314 g/mol. The molecular formula is C17H19NO4S. The minimum Gasteiger partial charge on any atom is -0.423 e. The molecule has 0 amide bonds. The summed E-state index contributed by atoms with van der Waals surface area (Å²) >= 11 is 0. The van der Waals surface area contributed by atoms with Gasteiger partial charge in [-0.05, 0) is 55.3 Å². The molecule has 122 valence electrons. The highest BCUT2D eigenvalue weighted by Gasteiger charge is 2.19. The Balaban J connectivity index is 2.30. The molecule has 0 atom stereocenters. The van der Waals surface area contributed by atoms with Crippen molar-refractivity contribution in [3.05, 3.63) is 59.2 Å². The number of carbonyl (C=O) groups is 1. The third-order valence-electron chi connectivity index (χ3n) is 3.25. The van der Waals surface area contributed by atoms with Crippen LogP contribution in [0.3, 0.4) is 0 Å². The maximum absolute atomic E-state index is 12.3. The van der Waals surface area contributed by atoms with E-state index >= 15 is 0 Å². The molecule has 2 aromatic rings. The van der Waals surface area contributed by atoms with Gasteiger partial charge < -0.3 is 4.74 Å². The lowest BCUT2D eigenvalue weighted by atomic mass is 10.1. The minimum absolute atomic E-state index is 0.0531. The largest absolute Gasteiger partial charge is 0.423 e. The van der Waals surface area contributed by atoms with Gasteiger partial charge in [0.15, 0.2) is 0 Å². The van der Waals surface area contributed by atoms with Crippen LogP contribution in [0.2, 0.25) is 0 Å². The van der Waals surface area contributed by atoms with Gasteiger partial charge in [-0.3, -0.25) is 0 Å². The van der Waals surface area contributed by atoms with E-state index in [0.717, 1.165) is 15.4 Å². The van der Waals surface area contributed by atoms with E-state index < -0.39 is 16.0 Å². The van der Waals surface area contributed by atoms with Gasteiger partial charge in [-0.1, -0.05) is 12.1 Å². The van der Waals surface area contributed by atoms with Crippen molar-refractivity contribution in [3.8, 4) is 5.75 Å². The van der Waals surface area contributed by atoms with Crippen molar-refractivity contribution < 1.29 is 17.9 Å². The Morgan fingerprint density at radius 3 is 2.17 bits per heavy atom. The highest BCUT2D eigenvalue weighted by molar-refractivity contribution is 7.89. The van der Waals surface area contributed by atoms with Gasteiger partial charge in [-0.2, -0.15) is 0 Å². The fourth-order valence-electron chi connectivity index (χ4n) is 2.15. The number of hydrogen-bond acceptors (Lipinski definition) is 4. The van der Waals surface area contributed by atoms with Gasteiger partial charge in [0.2, 0.25) is 10.0 Å². The number of rotatable bonds is 4. The van der Waals surface area contributed by atoms with E-state index in [1.807, 2.05) is 19.9 Å². The number of benzene rings is 2. The Morgan fingerprint density at radius 1 is 1.00 bits per heavy atom. The van der Waals surface area contributed by atoms with Gasteiger partial charge in [0.1, 0.15) is 5.75 Å². The molecule has 0 N–H and O–H groups in total. The normalized spacial score (nSPS) is 11.5. The van der Waals surface area contributed by atoms with Crippen LogP contribution in [0.25, 0.3) is 0 Å². The zero-order valence-electron chi connectivity index (χ0n) is 13.5. The fourth-order valence-corrected chi connectivity index (χ4v) is 3.10. The van der Waals surface area contributed by atoms with Crippen LogP contribution >= 0.6 is 0 Å². The zero-order valence-corrected chi connectivity index (χ0v) is 14.3. The zero-order chi connectivity index (χ0) is 17.2. The molecule has 0 bridgehead atoms. The predicted molar refractivity (Wildman–Crippen MR) is 88.2 cm³/mol. The topological polar surface area (TPSA) is 63.7 Å². The number of ether oxygens (including phenoxy) is 1. The Hall–Kier alpha value is -2.18. The lowest BCUT2D eigenvalue weighted by Gasteiger charge is -2.12. The number of aryl methyl sites for hydroxylation is 2. The Bertz CT molecular complexity index is 821. The van der Waals surface area contributed by atoms with E-state index in [1.54, 1.807) is 12.1 Å². The molecule has 0 aliphatic rings. The standard InChI is InChI=1S/C17H19NO4S/c1-12-8-13(2)10-15(9-12)22-17(19)14-6-5-7-16(11-14)23(20,21)18(3)4/h5-11H,1-4H3. The average Bonchev–Trinajstić information content (AvgIpc) is 2.46. The van der Waals surface area contributed by atoms with Crippen molar-refractivity contribution in [2.75, 3.05) is 14.1 Å². The second-order valence-corrected chi connectivity index (χ2v) is 7.68. The number of nitrogens with zero attached hydrogens (tertiary/aromatic N) is 1. The predicted octanol–water partition coefficient (Wildman–Crippen LogP) is 2.77. The van der Waals surface area contributed by atoms with Gasteiger partial charge in [-0.25, -0.2) is 17.5 Å². The van der Waals surface area contributed by atoms with Crippen LogP contribution in [0.4, 0.5) is 0 Å². The van der Waals surface area contributed by atoms with E-state index in [-0.39, 0.29) is 10.5 Å². The molecule has 0 saturated heterocycles. The summed E-state index contributed by atoms with van der Waals surface area (Å²) in [7, 11) is -0.713. The summed E-state index contributed by atoms with van der Waals surface area (Å²) in [6, 6.07) is 11.3. The van der Waals surface area contributed by atoms with Gasteiger partial charge in [0.05, 0.1) is 10.5 Å². The summed E-state index contributed by atoms with van der Waals surface area (Å²) in [6.07, 6.45) is 0. The molecule has 2 aromatic carbocycles. The second kappa shape index (κ2) is 6.52. The summed E-state index contributed by atoms with van der Waals surface area (Å²) in [6.45, 7) is 3.82. The summed E-state index contributed by atoms with van der Waals surface area (Å²) in [5.74, 6) is -0.154.